The van der Waals surface area contributed by atoms with E-state index >= 15 is 0 Å². The Balaban J connectivity index is 1.50. The van der Waals surface area contributed by atoms with Crippen LogP contribution in [0.2, 0.25) is 0 Å². The summed E-state index contributed by atoms with van der Waals surface area (Å²) in [4.78, 5) is 19.7. The first-order chi connectivity index (χ1) is 14.7. The van der Waals surface area contributed by atoms with Crippen LogP contribution in [0.1, 0.15) is 62.0 Å². The van der Waals surface area contributed by atoms with E-state index in [1.54, 1.807) is 6.20 Å². The Hall–Kier alpha value is -2.66. The van der Waals surface area contributed by atoms with E-state index in [4.69, 9.17) is 4.74 Å². The van der Waals surface area contributed by atoms with Crippen molar-refractivity contribution in [2.75, 3.05) is 26.2 Å². The zero-order chi connectivity index (χ0) is 21.2. The highest BCUT2D eigenvalue weighted by Gasteiger charge is 2.14. The standard InChI is InChI=1S/C25H33N3O2/c1-3-5-15-27(16-6-4-2)17-9-19-30-22-13-11-21(12-14-22)25(29)23-20-26-24-10-7-8-18-28(23)24/h7-8,10-14,18,20H,3-6,9,15-17,19H2,1-2H3. The third kappa shape index (κ3) is 5.92. The lowest BCUT2D eigenvalue weighted by Crippen LogP contribution is -2.28. The van der Waals surface area contributed by atoms with Crippen molar-refractivity contribution >= 4 is 11.4 Å². The first-order valence-corrected chi connectivity index (χ1v) is 11.1. The second kappa shape index (κ2) is 11.5. The molecule has 0 aliphatic heterocycles. The molecule has 0 amide bonds. The van der Waals surface area contributed by atoms with Gasteiger partial charge in [0.1, 0.15) is 17.1 Å². The third-order valence-corrected chi connectivity index (χ3v) is 5.31. The van der Waals surface area contributed by atoms with Crippen molar-refractivity contribution in [1.82, 2.24) is 14.3 Å². The number of unbranched alkanes of at least 4 members (excludes halogenated alkanes) is 2. The number of hydrogen-bond donors (Lipinski definition) is 0. The molecule has 0 fully saturated rings. The number of nitrogens with zero attached hydrogens (tertiary/aromatic N) is 3. The zero-order valence-electron chi connectivity index (χ0n) is 18.2. The van der Waals surface area contributed by atoms with Gasteiger partial charge in [0.25, 0.3) is 0 Å². The van der Waals surface area contributed by atoms with Crippen molar-refractivity contribution in [1.29, 1.82) is 0 Å². The molecule has 5 heteroatoms. The molecule has 0 aliphatic rings. The molecule has 3 rings (SSSR count). The van der Waals surface area contributed by atoms with Crippen molar-refractivity contribution in [3.05, 3.63) is 66.1 Å². The molecule has 0 unspecified atom stereocenters. The number of hydrogen-bond acceptors (Lipinski definition) is 4. The fraction of sp³-hybridized carbons (Fsp3) is 0.440. The summed E-state index contributed by atoms with van der Waals surface area (Å²) in [6.45, 7) is 8.60. The smallest absolute Gasteiger partial charge is 0.211 e. The molecule has 0 bridgehead atoms. The van der Waals surface area contributed by atoms with Gasteiger partial charge in [0, 0.05) is 18.3 Å². The topological polar surface area (TPSA) is 46.8 Å². The summed E-state index contributed by atoms with van der Waals surface area (Å²) in [5.41, 5.74) is 1.98. The summed E-state index contributed by atoms with van der Waals surface area (Å²) in [7, 11) is 0. The minimum atomic E-state index is -0.0391. The Bertz CT molecular complexity index is 910. The predicted octanol–water partition coefficient (Wildman–Crippen LogP) is 5.24. The molecular weight excluding hydrogens is 374 g/mol. The van der Waals surface area contributed by atoms with E-state index in [1.807, 2.05) is 53.1 Å². The van der Waals surface area contributed by atoms with Gasteiger partial charge in [-0.3, -0.25) is 9.20 Å². The van der Waals surface area contributed by atoms with E-state index < -0.39 is 0 Å². The quantitative estimate of drug-likeness (QED) is 0.287. The van der Waals surface area contributed by atoms with Gasteiger partial charge in [-0.2, -0.15) is 0 Å². The van der Waals surface area contributed by atoms with Crippen LogP contribution < -0.4 is 4.74 Å². The van der Waals surface area contributed by atoms with Crippen LogP contribution in [0.25, 0.3) is 5.65 Å². The molecule has 0 atom stereocenters. The second-order valence-electron chi connectivity index (χ2n) is 7.68. The molecule has 0 radical (unpaired) electrons. The molecule has 0 N–H and O–H groups in total. The average molecular weight is 408 g/mol. The molecule has 30 heavy (non-hydrogen) atoms. The number of aromatic nitrogens is 2. The van der Waals surface area contributed by atoms with E-state index in [-0.39, 0.29) is 5.78 Å². The number of ketones is 1. The summed E-state index contributed by atoms with van der Waals surface area (Å²) in [5.74, 6) is 0.765. The number of pyridine rings is 1. The molecule has 2 aromatic heterocycles. The molecule has 5 nitrogen and oxygen atoms in total. The fourth-order valence-electron chi connectivity index (χ4n) is 3.53. The maximum Gasteiger partial charge on any atom is 0.211 e. The molecule has 0 spiro atoms. The number of rotatable bonds is 13. The molecule has 3 aromatic rings. The first kappa shape index (κ1) is 22.0. The Labute approximate surface area is 179 Å². The molecular formula is C25H33N3O2. The van der Waals surface area contributed by atoms with Gasteiger partial charge in [0.05, 0.1) is 12.8 Å². The normalized spacial score (nSPS) is 11.3. The third-order valence-electron chi connectivity index (χ3n) is 5.31. The number of imidazole rings is 1. The molecule has 160 valence electrons. The minimum Gasteiger partial charge on any atom is -0.494 e. The molecule has 0 saturated heterocycles. The Kier molecular flexibility index (Phi) is 8.45. The molecule has 0 saturated carbocycles. The zero-order valence-corrected chi connectivity index (χ0v) is 18.2. The van der Waals surface area contributed by atoms with E-state index in [9.17, 15) is 4.79 Å². The molecule has 1 aromatic carbocycles. The van der Waals surface area contributed by atoms with E-state index in [0.717, 1.165) is 24.4 Å². The van der Waals surface area contributed by atoms with Crippen molar-refractivity contribution < 1.29 is 9.53 Å². The van der Waals surface area contributed by atoms with Crippen molar-refractivity contribution in [3.63, 3.8) is 0 Å². The van der Waals surface area contributed by atoms with Crippen LogP contribution in [-0.4, -0.2) is 46.3 Å². The van der Waals surface area contributed by atoms with Crippen LogP contribution >= 0.6 is 0 Å². The van der Waals surface area contributed by atoms with Crippen molar-refractivity contribution in [2.45, 2.75) is 46.0 Å². The molecule has 0 aliphatic carbocycles. The number of fused-ring (bicyclic) bond motifs is 1. The fourth-order valence-corrected chi connectivity index (χ4v) is 3.53. The lowest BCUT2D eigenvalue weighted by Gasteiger charge is -2.21. The maximum atomic E-state index is 12.8. The number of ether oxygens (including phenoxy) is 1. The van der Waals surface area contributed by atoms with Crippen LogP contribution in [0, 0.1) is 0 Å². The van der Waals surface area contributed by atoms with Crippen LogP contribution in [0.5, 0.6) is 5.75 Å². The highest BCUT2D eigenvalue weighted by molar-refractivity contribution is 6.08. The number of benzene rings is 1. The van der Waals surface area contributed by atoms with Crippen LogP contribution in [0.3, 0.4) is 0 Å². The largest absolute Gasteiger partial charge is 0.494 e. The number of carbonyl (C=O) groups excluding carboxylic acids is 1. The van der Waals surface area contributed by atoms with Gasteiger partial charge in [-0.05, 0) is 68.8 Å². The van der Waals surface area contributed by atoms with Gasteiger partial charge in [0.15, 0.2) is 0 Å². The highest BCUT2D eigenvalue weighted by atomic mass is 16.5. The van der Waals surface area contributed by atoms with Gasteiger partial charge in [-0.1, -0.05) is 32.8 Å². The van der Waals surface area contributed by atoms with Gasteiger partial charge in [-0.15, -0.1) is 0 Å². The molecule has 2 heterocycles. The summed E-state index contributed by atoms with van der Waals surface area (Å²) in [6, 6.07) is 13.1. The Morgan fingerprint density at radius 2 is 1.67 bits per heavy atom. The monoisotopic (exact) mass is 407 g/mol. The second-order valence-corrected chi connectivity index (χ2v) is 7.68. The van der Waals surface area contributed by atoms with Gasteiger partial charge >= 0.3 is 0 Å². The lowest BCUT2D eigenvalue weighted by molar-refractivity contribution is 0.103. The van der Waals surface area contributed by atoms with Gasteiger partial charge in [0.2, 0.25) is 5.78 Å². The van der Waals surface area contributed by atoms with Crippen molar-refractivity contribution in [3.8, 4) is 5.75 Å². The first-order valence-electron chi connectivity index (χ1n) is 11.1. The summed E-state index contributed by atoms with van der Waals surface area (Å²) < 4.78 is 7.72. The SMILES string of the molecule is CCCCN(CCCC)CCCOc1ccc(C(=O)c2cnc3ccccn23)cc1. The van der Waals surface area contributed by atoms with E-state index in [2.05, 4.69) is 23.7 Å². The van der Waals surface area contributed by atoms with Gasteiger partial charge in [-0.25, -0.2) is 4.98 Å². The predicted molar refractivity (Wildman–Crippen MR) is 121 cm³/mol. The van der Waals surface area contributed by atoms with Crippen molar-refractivity contribution in [2.24, 2.45) is 0 Å². The highest BCUT2D eigenvalue weighted by Crippen LogP contribution is 2.17. The van der Waals surface area contributed by atoms with Crippen LogP contribution in [0.4, 0.5) is 0 Å². The lowest BCUT2D eigenvalue weighted by atomic mass is 10.1. The minimum absolute atomic E-state index is 0.0391. The Morgan fingerprint density at radius 3 is 2.37 bits per heavy atom. The summed E-state index contributed by atoms with van der Waals surface area (Å²) in [6.07, 6.45) is 9.48. The maximum absolute atomic E-state index is 12.8. The van der Waals surface area contributed by atoms with E-state index in [0.29, 0.717) is 17.9 Å². The van der Waals surface area contributed by atoms with E-state index in [1.165, 1.54) is 38.8 Å². The summed E-state index contributed by atoms with van der Waals surface area (Å²) >= 11 is 0. The van der Waals surface area contributed by atoms with Crippen LogP contribution in [-0.2, 0) is 0 Å². The Morgan fingerprint density at radius 1 is 0.967 bits per heavy atom. The van der Waals surface area contributed by atoms with Crippen LogP contribution in [0.15, 0.2) is 54.9 Å². The van der Waals surface area contributed by atoms with Gasteiger partial charge < -0.3 is 9.64 Å². The average Bonchev–Trinajstić information content (AvgIpc) is 3.22. The number of carbonyl (C=O) groups is 1. The summed E-state index contributed by atoms with van der Waals surface area (Å²) in [5, 5.41) is 0.